The number of piperidine rings is 1. The topological polar surface area (TPSA) is 57.7 Å². The van der Waals surface area contributed by atoms with E-state index in [-0.39, 0.29) is 17.6 Å². The van der Waals surface area contributed by atoms with Crippen LogP contribution in [0.2, 0.25) is 0 Å². The van der Waals surface area contributed by atoms with Gasteiger partial charge in [0.2, 0.25) is 0 Å². The van der Waals surface area contributed by atoms with Crippen molar-refractivity contribution in [3.05, 3.63) is 29.3 Å². The van der Waals surface area contributed by atoms with Crippen LogP contribution in [-0.4, -0.2) is 42.6 Å². The minimum atomic E-state index is -0.255. The van der Waals surface area contributed by atoms with Gasteiger partial charge in [-0.15, -0.1) is 0 Å². The number of nitrogens with zero attached hydrogens (tertiary/aromatic N) is 2. The van der Waals surface area contributed by atoms with Crippen LogP contribution in [-0.2, 0) is 4.79 Å². The Morgan fingerprint density at radius 1 is 0.947 bits per heavy atom. The van der Waals surface area contributed by atoms with E-state index in [2.05, 4.69) is 4.90 Å². The Morgan fingerprint density at radius 2 is 1.58 bits per heavy atom. The Balaban J connectivity index is 1.93. The molecule has 1 aromatic rings. The van der Waals surface area contributed by atoms with E-state index < -0.39 is 0 Å². The highest BCUT2D eigenvalue weighted by Gasteiger charge is 2.33. The summed E-state index contributed by atoms with van der Waals surface area (Å²) in [5.74, 6) is -0.223. The monoisotopic (exact) mass is 258 g/mol. The summed E-state index contributed by atoms with van der Waals surface area (Å²) >= 11 is 0. The van der Waals surface area contributed by atoms with Crippen LogP contribution < -0.4 is 4.90 Å². The van der Waals surface area contributed by atoms with Gasteiger partial charge in [0, 0.05) is 38.7 Å². The highest BCUT2D eigenvalue weighted by Crippen LogP contribution is 2.27. The molecule has 2 aliphatic heterocycles. The van der Waals surface area contributed by atoms with Crippen LogP contribution in [0.5, 0.6) is 0 Å². The average molecular weight is 258 g/mol. The number of Topliss-reactive ketones (excluding diaryl/α,β-unsaturated/α-hetero) is 1. The number of amides is 2. The third-order valence-corrected chi connectivity index (χ3v) is 3.76. The Bertz CT molecular complexity index is 584. The maximum atomic E-state index is 11.9. The number of imide groups is 1. The van der Waals surface area contributed by atoms with Crippen LogP contribution in [0.1, 0.15) is 33.6 Å². The largest absolute Gasteiger partial charge is 0.371 e. The number of hydrogen-bond donors (Lipinski definition) is 0. The van der Waals surface area contributed by atoms with E-state index in [0.29, 0.717) is 37.1 Å². The first kappa shape index (κ1) is 11.9. The molecule has 0 N–H and O–H groups in total. The van der Waals surface area contributed by atoms with Crippen LogP contribution in [0.3, 0.4) is 0 Å². The highest BCUT2D eigenvalue weighted by molar-refractivity contribution is 6.21. The van der Waals surface area contributed by atoms with Gasteiger partial charge in [0.15, 0.2) is 0 Å². The lowest BCUT2D eigenvalue weighted by atomic mass is 10.1. The fourth-order valence-corrected chi connectivity index (χ4v) is 2.56. The molecule has 5 heteroatoms. The van der Waals surface area contributed by atoms with Crippen molar-refractivity contribution in [1.29, 1.82) is 0 Å². The van der Waals surface area contributed by atoms with Crippen molar-refractivity contribution < 1.29 is 14.4 Å². The van der Waals surface area contributed by atoms with E-state index in [4.69, 9.17) is 0 Å². The highest BCUT2D eigenvalue weighted by atomic mass is 16.2. The van der Waals surface area contributed by atoms with Crippen molar-refractivity contribution in [1.82, 2.24) is 4.90 Å². The zero-order chi connectivity index (χ0) is 13.6. The van der Waals surface area contributed by atoms with Crippen LogP contribution in [0.4, 0.5) is 5.69 Å². The number of hydrogen-bond acceptors (Lipinski definition) is 4. The number of rotatable bonds is 1. The van der Waals surface area contributed by atoms with Gasteiger partial charge in [0.25, 0.3) is 11.8 Å². The van der Waals surface area contributed by atoms with Crippen LogP contribution >= 0.6 is 0 Å². The van der Waals surface area contributed by atoms with Crippen LogP contribution in [0, 0.1) is 0 Å². The smallest absolute Gasteiger partial charge is 0.261 e. The molecule has 0 atom stereocenters. The minimum absolute atomic E-state index is 0.250. The first-order valence-corrected chi connectivity index (χ1v) is 6.31. The molecule has 1 fully saturated rings. The van der Waals surface area contributed by atoms with E-state index in [1.807, 2.05) is 6.07 Å². The van der Waals surface area contributed by atoms with E-state index in [1.54, 1.807) is 12.1 Å². The second-order valence-electron chi connectivity index (χ2n) is 4.92. The lowest BCUT2D eigenvalue weighted by molar-refractivity contribution is -0.119. The Hall–Kier alpha value is -2.17. The molecular formula is C14H14N2O3. The molecule has 5 nitrogen and oxygen atoms in total. The second kappa shape index (κ2) is 4.19. The van der Waals surface area contributed by atoms with Crippen LogP contribution in [0.25, 0.3) is 0 Å². The number of anilines is 1. The standard InChI is InChI=1S/C14H14N2O3/c1-15-13(18)11-3-2-9(8-12(11)14(15)19)16-6-4-10(17)5-7-16/h2-3,8H,4-7H2,1H3. The SMILES string of the molecule is CN1C(=O)c2ccc(N3CCC(=O)CC3)cc2C1=O. The van der Waals surface area contributed by atoms with E-state index >= 15 is 0 Å². The number of carbonyl (C=O) groups excluding carboxylic acids is 3. The van der Waals surface area contributed by atoms with Gasteiger partial charge >= 0.3 is 0 Å². The first-order chi connectivity index (χ1) is 9.08. The summed E-state index contributed by atoms with van der Waals surface area (Å²) in [6.45, 7) is 1.35. The molecule has 19 heavy (non-hydrogen) atoms. The maximum Gasteiger partial charge on any atom is 0.261 e. The first-order valence-electron chi connectivity index (χ1n) is 6.31. The van der Waals surface area contributed by atoms with Gasteiger partial charge in [0.1, 0.15) is 5.78 Å². The van der Waals surface area contributed by atoms with Crippen molar-refractivity contribution in [3.63, 3.8) is 0 Å². The van der Waals surface area contributed by atoms with Gasteiger partial charge in [-0.05, 0) is 18.2 Å². The number of fused-ring (bicyclic) bond motifs is 1. The minimum Gasteiger partial charge on any atom is -0.371 e. The van der Waals surface area contributed by atoms with Gasteiger partial charge in [-0.25, -0.2) is 0 Å². The quantitative estimate of drug-likeness (QED) is 0.707. The molecule has 2 aliphatic rings. The number of benzene rings is 1. The maximum absolute atomic E-state index is 11.9. The predicted octanol–water partition coefficient (Wildman–Crippen LogP) is 1.08. The summed E-state index contributed by atoms with van der Waals surface area (Å²) in [5, 5.41) is 0. The molecule has 98 valence electrons. The van der Waals surface area contributed by atoms with Gasteiger partial charge in [0.05, 0.1) is 11.1 Å². The van der Waals surface area contributed by atoms with E-state index in [1.165, 1.54) is 7.05 Å². The fraction of sp³-hybridized carbons (Fsp3) is 0.357. The van der Waals surface area contributed by atoms with Gasteiger partial charge in [-0.2, -0.15) is 0 Å². The average Bonchev–Trinajstić information content (AvgIpc) is 2.64. The molecule has 1 saturated heterocycles. The number of carbonyl (C=O) groups is 3. The summed E-state index contributed by atoms with van der Waals surface area (Å²) < 4.78 is 0. The Kier molecular flexibility index (Phi) is 2.62. The number of ketones is 1. The summed E-state index contributed by atoms with van der Waals surface area (Å²) in [6.07, 6.45) is 1.09. The molecule has 0 saturated carbocycles. The van der Waals surface area contributed by atoms with Gasteiger partial charge in [-0.3, -0.25) is 19.3 Å². The van der Waals surface area contributed by atoms with Crippen molar-refractivity contribution in [3.8, 4) is 0 Å². The molecule has 0 radical (unpaired) electrons. The summed E-state index contributed by atoms with van der Waals surface area (Å²) in [6, 6.07) is 5.30. The zero-order valence-electron chi connectivity index (χ0n) is 10.7. The molecular weight excluding hydrogens is 244 g/mol. The van der Waals surface area contributed by atoms with Gasteiger partial charge in [-0.1, -0.05) is 0 Å². The second-order valence-corrected chi connectivity index (χ2v) is 4.92. The van der Waals surface area contributed by atoms with Crippen molar-refractivity contribution in [2.24, 2.45) is 0 Å². The molecule has 1 aromatic carbocycles. The molecule has 0 unspecified atom stereocenters. The summed E-state index contributed by atoms with van der Waals surface area (Å²) in [4.78, 5) is 38.2. The zero-order valence-corrected chi connectivity index (χ0v) is 10.7. The lowest BCUT2D eigenvalue weighted by Gasteiger charge is -2.28. The third-order valence-electron chi connectivity index (χ3n) is 3.76. The van der Waals surface area contributed by atoms with E-state index in [0.717, 1.165) is 10.6 Å². The molecule has 0 bridgehead atoms. The molecule has 3 rings (SSSR count). The summed E-state index contributed by atoms with van der Waals surface area (Å²) in [5.41, 5.74) is 1.83. The Labute approximate surface area is 110 Å². The molecule has 0 aromatic heterocycles. The van der Waals surface area contributed by atoms with Crippen LogP contribution in [0.15, 0.2) is 18.2 Å². The fourth-order valence-electron chi connectivity index (χ4n) is 2.56. The molecule has 2 heterocycles. The summed E-state index contributed by atoms with van der Waals surface area (Å²) in [7, 11) is 1.49. The van der Waals surface area contributed by atoms with Crippen molar-refractivity contribution in [2.75, 3.05) is 25.0 Å². The third kappa shape index (κ3) is 1.82. The van der Waals surface area contributed by atoms with Gasteiger partial charge < -0.3 is 4.90 Å². The molecule has 0 spiro atoms. The normalized spacial score (nSPS) is 19.1. The lowest BCUT2D eigenvalue weighted by Crippen LogP contribution is -2.33. The predicted molar refractivity (Wildman–Crippen MR) is 69.3 cm³/mol. The van der Waals surface area contributed by atoms with E-state index in [9.17, 15) is 14.4 Å². The Morgan fingerprint density at radius 3 is 2.26 bits per heavy atom. The van der Waals surface area contributed by atoms with Crippen molar-refractivity contribution >= 4 is 23.3 Å². The van der Waals surface area contributed by atoms with Crippen molar-refractivity contribution in [2.45, 2.75) is 12.8 Å². The molecule has 2 amide bonds. The molecule has 0 aliphatic carbocycles.